The van der Waals surface area contributed by atoms with Gasteiger partial charge < -0.3 is 15.2 Å². The molecule has 0 spiro atoms. The number of ether oxygens (including phenoxy) is 2. The molecule has 0 saturated heterocycles. The highest BCUT2D eigenvalue weighted by molar-refractivity contribution is 5.35. The summed E-state index contributed by atoms with van der Waals surface area (Å²) in [6.45, 7) is 0.853. The SMILES string of the molecule is COc1ccc(CN)c(COc2cnccn2)c1. The van der Waals surface area contributed by atoms with Crippen molar-refractivity contribution in [1.29, 1.82) is 0 Å². The number of aromatic nitrogens is 2. The molecule has 1 aromatic heterocycles. The Kier molecular flexibility index (Phi) is 4.09. The van der Waals surface area contributed by atoms with Crippen LogP contribution in [-0.4, -0.2) is 17.1 Å². The lowest BCUT2D eigenvalue weighted by atomic mass is 10.1. The highest BCUT2D eigenvalue weighted by Crippen LogP contribution is 2.19. The second-order valence-electron chi connectivity index (χ2n) is 3.67. The molecule has 2 aromatic rings. The fraction of sp³-hybridized carbons (Fsp3) is 0.231. The van der Waals surface area contributed by atoms with Gasteiger partial charge in [-0.05, 0) is 23.3 Å². The van der Waals surface area contributed by atoms with Gasteiger partial charge in [0.05, 0.1) is 13.3 Å². The van der Waals surface area contributed by atoms with Gasteiger partial charge in [0, 0.05) is 18.9 Å². The monoisotopic (exact) mass is 245 g/mol. The van der Waals surface area contributed by atoms with E-state index in [1.54, 1.807) is 25.7 Å². The average molecular weight is 245 g/mol. The topological polar surface area (TPSA) is 70.3 Å². The van der Waals surface area contributed by atoms with Gasteiger partial charge in [0.25, 0.3) is 0 Å². The minimum atomic E-state index is 0.391. The van der Waals surface area contributed by atoms with Gasteiger partial charge in [-0.3, -0.25) is 4.98 Å². The minimum Gasteiger partial charge on any atom is -0.497 e. The Bertz CT molecular complexity index is 503. The van der Waals surface area contributed by atoms with E-state index >= 15 is 0 Å². The minimum absolute atomic E-state index is 0.391. The first kappa shape index (κ1) is 12.3. The van der Waals surface area contributed by atoms with Crippen molar-refractivity contribution in [2.75, 3.05) is 7.11 Å². The van der Waals surface area contributed by atoms with Crippen LogP contribution in [0.25, 0.3) is 0 Å². The first-order valence-corrected chi connectivity index (χ1v) is 5.58. The van der Waals surface area contributed by atoms with Crippen LogP contribution in [0.3, 0.4) is 0 Å². The Labute approximate surface area is 106 Å². The summed E-state index contributed by atoms with van der Waals surface area (Å²) in [5, 5.41) is 0. The van der Waals surface area contributed by atoms with Gasteiger partial charge in [-0.1, -0.05) is 6.07 Å². The lowest BCUT2D eigenvalue weighted by molar-refractivity contribution is 0.290. The van der Waals surface area contributed by atoms with Crippen LogP contribution < -0.4 is 15.2 Å². The third kappa shape index (κ3) is 2.95. The molecule has 0 bridgehead atoms. The second kappa shape index (κ2) is 5.97. The fourth-order valence-electron chi connectivity index (χ4n) is 1.57. The van der Waals surface area contributed by atoms with E-state index in [4.69, 9.17) is 15.2 Å². The summed E-state index contributed by atoms with van der Waals surface area (Å²) in [5.74, 6) is 1.27. The first-order chi connectivity index (χ1) is 8.83. The summed E-state index contributed by atoms with van der Waals surface area (Å²) in [6, 6.07) is 5.74. The van der Waals surface area contributed by atoms with Crippen molar-refractivity contribution in [2.24, 2.45) is 5.73 Å². The highest BCUT2D eigenvalue weighted by atomic mass is 16.5. The molecule has 0 atom stereocenters. The van der Waals surface area contributed by atoms with Gasteiger partial charge in [-0.2, -0.15) is 0 Å². The van der Waals surface area contributed by atoms with E-state index in [0.29, 0.717) is 19.0 Å². The fourth-order valence-corrected chi connectivity index (χ4v) is 1.57. The third-order valence-corrected chi connectivity index (χ3v) is 2.55. The van der Waals surface area contributed by atoms with E-state index < -0.39 is 0 Å². The zero-order valence-corrected chi connectivity index (χ0v) is 10.2. The maximum absolute atomic E-state index is 5.69. The van der Waals surface area contributed by atoms with Crippen molar-refractivity contribution >= 4 is 0 Å². The predicted octanol–water partition coefficient (Wildman–Crippen LogP) is 1.52. The van der Waals surface area contributed by atoms with E-state index in [1.807, 2.05) is 18.2 Å². The van der Waals surface area contributed by atoms with Crippen molar-refractivity contribution in [3.05, 3.63) is 47.9 Å². The normalized spacial score (nSPS) is 10.1. The molecular weight excluding hydrogens is 230 g/mol. The van der Waals surface area contributed by atoms with Crippen LogP contribution in [0.15, 0.2) is 36.8 Å². The summed E-state index contributed by atoms with van der Waals surface area (Å²) in [4.78, 5) is 7.98. The number of nitrogens with zero attached hydrogens (tertiary/aromatic N) is 2. The van der Waals surface area contributed by atoms with Gasteiger partial charge >= 0.3 is 0 Å². The standard InChI is InChI=1S/C13H15N3O2/c1-17-12-3-2-10(7-14)11(6-12)9-18-13-8-15-4-5-16-13/h2-6,8H,7,9,14H2,1H3. The van der Waals surface area contributed by atoms with Gasteiger partial charge in [0.1, 0.15) is 12.4 Å². The lowest BCUT2D eigenvalue weighted by Crippen LogP contribution is -2.05. The molecule has 0 aliphatic rings. The smallest absolute Gasteiger partial charge is 0.232 e. The Hall–Kier alpha value is -2.14. The number of methoxy groups -OCH3 is 1. The van der Waals surface area contributed by atoms with Crippen molar-refractivity contribution in [1.82, 2.24) is 9.97 Å². The van der Waals surface area contributed by atoms with E-state index in [0.717, 1.165) is 16.9 Å². The van der Waals surface area contributed by atoms with Crippen LogP contribution in [0.5, 0.6) is 11.6 Å². The summed E-state index contributed by atoms with van der Waals surface area (Å²) >= 11 is 0. The molecule has 1 heterocycles. The Morgan fingerprint density at radius 2 is 2.11 bits per heavy atom. The van der Waals surface area contributed by atoms with Gasteiger partial charge in [-0.15, -0.1) is 0 Å². The second-order valence-corrected chi connectivity index (χ2v) is 3.67. The highest BCUT2D eigenvalue weighted by Gasteiger charge is 2.05. The van der Waals surface area contributed by atoms with Crippen molar-refractivity contribution in [3.8, 4) is 11.6 Å². The molecule has 0 saturated carbocycles. The van der Waals surface area contributed by atoms with E-state index in [1.165, 1.54) is 0 Å². The van der Waals surface area contributed by atoms with E-state index in [9.17, 15) is 0 Å². The number of hydrogen-bond acceptors (Lipinski definition) is 5. The molecule has 18 heavy (non-hydrogen) atoms. The third-order valence-electron chi connectivity index (χ3n) is 2.55. The molecule has 2 rings (SSSR count). The molecule has 2 N–H and O–H groups in total. The molecule has 5 nitrogen and oxygen atoms in total. The van der Waals surface area contributed by atoms with Crippen LogP contribution in [0, 0.1) is 0 Å². The molecule has 0 amide bonds. The Morgan fingerprint density at radius 3 is 2.78 bits per heavy atom. The zero-order chi connectivity index (χ0) is 12.8. The molecule has 0 unspecified atom stereocenters. The molecule has 0 fully saturated rings. The summed E-state index contributed by atoms with van der Waals surface area (Å²) in [6.07, 6.45) is 4.76. The maximum atomic E-state index is 5.69. The van der Waals surface area contributed by atoms with Crippen molar-refractivity contribution < 1.29 is 9.47 Å². The molecule has 0 radical (unpaired) electrons. The molecule has 5 heteroatoms. The molecule has 94 valence electrons. The molecule has 0 aliphatic carbocycles. The van der Waals surface area contributed by atoms with Crippen LogP contribution in [-0.2, 0) is 13.2 Å². The molecular formula is C13H15N3O2. The van der Waals surface area contributed by atoms with Crippen LogP contribution in [0.2, 0.25) is 0 Å². The zero-order valence-electron chi connectivity index (χ0n) is 10.2. The number of benzene rings is 1. The lowest BCUT2D eigenvalue weighted by Gasteiger charge is -2.10. The summed E-state index contributed by atoms with van der Waals surface area (Å²) < 4.78 is 10.7. The van der Waals surface area contributed by atoms with Gasteiger partial charge in [0.2, 0.25) is 5.88 Å². The van der Waals surface area contributed by atoms with Crippen molar-refractivity contribution in [3.63, 3.8) is 0 Å². The Balaban J connectivity index is 2.12. The summed E-state index contributed by atoms with van der Waals surface area (Å²) in [5.41, 5.74) is 7.70. The number of rotatable bonds is 5. The molecule has 1 aromatic carbocycles. The number of nitrogens with two attached hydrogens (primary N) is 1. The van der Waals surface area contributed by atoms with Crippen LogP contribution in [0.4, 0.5) is 0 Å². The van der Waals surface area contributed by atoms with Crippen LogP contribution in [0.1, 0.15) is 11.1 Å². The van der Waals surface area contributed by atoms with E-state index in [2.05, 4.69) is 9.97 Å². The quantitative estimate of drug-likeness (QED) is 0.864. The summed E-state index contributed by atoms with van der Waals surface area (Å²) in [7, 11) is 1.63. The molecule has 0 aliphatic heterocycles. The Morgan fingerprint density at radius 1 is 1.22 bits per heavy atom. The largest absolute Gasteiger partial charge is 0.497 e. The first-order valence-electron chi connectivity index (χ1n) is 5.58. The average Bonchev–Trinajstić information content (AvgIpc) is 2.45. The predicted molar refractivity (Wildman–Crippen MR) is 67.2 cm³/mol. The van der Waals surface area contributed by atoms with Crippen LogP contribution >= 0.6 is 0 Å². The van der Waals surface area contributed by atoms with Gasteiger partial charge in [0.15, 0.2) is 0 Å². The number of hydrogen-bond donors (Lipinski definition) is 1. The van der Waals surface area contributed by atoms with Crippen molar-refractivity contribution in [2.45, 2.75) is 13.2 Å². The van der Waals surface area contributed by atoms with E-state index in [-0.39, 0.29) is 0 Å². The maximum Gasteiger partial charge on any atom is 0.232 e. The van der Waals surface area contributed by atoms with Gasteiger partial charge in [-0.25, -0.2) is 4.98 Å².